The fraction of sp³-hybridized carbons (Fsp3) is 0.250. The summed E-state index contributed by atoms with van der Waals surface area (Å²) in [4.78, 5) is 0. The molecule has 0 bridgehead atoms. The van der Waals surface area contributed by atoms with Crippen LogP contribution in [0.4, 0.5) is 0 Å². The van der Waals surface area contributed by atoms with Gasteiger partial charge in [0.1, 0.15) is 0 Å². The first-order valence-corrected chi connectivity index (χ1v) is 22.0. The molecule has 0 fully saturated rings. The molecule has 0 N–H and O–H groups in total. The first kappa shape index (κ1) is 43.2. The fourth-order valence-electron chi connectivity index (χ4n) is 8.18. The summed E-state index contributed by atoms with van der Waals surface area (Å²) in [7, 11) is 0.795. The topological polar surface area (TPSA) is 0 Å². The van der Waals surface area contributed by atoms with Crippen LogP contribution in [0.3, 0.4) is 0 Å². The first-order chi connectivity index (χ1) is 27.6. The zero-order valence-electron chi connectivity index (χ0n) is 35.7. The average Bonchev–Trinajstić information content (AvgIpc) is 3.94. The van der Waals surface area contributed by atoms with E-state index in [4.69, 9.17) is 0 Å². The molecule has 1 heterocycles. The normalized spacial score (nSPS) is 11.7. The van der Waals surface area contributed by atoms with Gasteiger partial charge in [0, 0.05) is 0 Å². The van der Waals surface area contributed by atoms with Crippen LogP contribution in [0.25, 0.3) is 54.9 Å². The minimum absolute atomic E-state index is 0. The van der Waals surface area contributed by atoms with Gasteiger partial charge in [-0.3, -0.25) is 0 Å². The summed E-state index contributed by atoms with van der Waals surface area (Å²) < 4.78 is 0. The number of fused-ring (bicyclic) bond motifs is 5. The van der Waals surface area contributed by atoms with Crippen LogP contribution in [-0.2, 0) is 39.0 Å². The molecule has 0 atom stereocenters. The van der Waals surface area contributed by atoms with E-state index in [9.17, 15) is 0 Å². The van der Waals surface area contributed by atoms with Crippen LogP contribution < -0.4 is 10.4 Å². The Morgan fingerprint density at radius 3 is 1.38 bits per heavy atom. The van der Waals surface area contributed by atoms with E-state index in [-0.39, 0.29) is 26.2 Å². The minimum atomic E-state index is 0. The average molecular weight is 849 g/mol. The molecular formula is C56H57SiZr. The van der Waals surface area contributed by atoms with Crippen molar-refractivity contribution in [1.82, 2.24) is 0 Å². The Balaban J connectivity index is 0.000000150. The summed E-state index contributed by atoms with van der Waals surface area (Å²) in [5, 5.41) is 8.33. The van der Waals surface area contributed by atoms with E-state index in [1.165, 1.54) is 87.6 Å². The van der Waals surface area contributed by atoms with E-state index in [2.05, 4.69) is 207 Å². The maximum atomic E-state index is 3.31. The largest absolute Gasteiger partial charge is 3.00 e. The molecule has 0 saturated heterocycles. The summed E-state index contributed by atoms with van der Waals surface area (Å²) >= 11 is 0. The standard InChI is InChI=1S/2C22H25.C12H7Si.Zr/c2*1-15(2)12-17-8-5-6-10-20(17)21-11-7-9-18-13-19(16(3)4)14-22(18)21;1-3-7-11-9(5-1)10-6-2-4-8-12(10)13-11;/h2*5-11,13-16H,12H2,1-4H3;1-7H;/q3*-1;+3. The van der Waals surface area contributed by atoms with Gasteiger partial charge in [0.05, 0.1) is 9.52 Å². The van der Waals surface area contributed by atoms with Crippen LogP contribution in [-0.4, -0.2) is 9.52 Å². The summed E-state index contributed by atoms with van der Waals surface area (Å²) in [6, 6.07) is 58.7. The number of hydrogen-bond donors (Lipinski definition) is 0. The molecule has 9 rings (SSSR count). The second-order valence-corrected chi connectivity index (χ2v) is 18.4. The van der Waals surface area contributed by atoms with Gasteiger partial charge in [0.2, 0.25) is 0 Å². The van der Waals surface area contributed by atoms with Crippen LogP contribution in [0.5, 0.6) is 0 Å². The SMILES string of the molecule is CC(C)Cc1ccccc1-c1cccc2[cH-]c(C(C)C)cc12.CC(C)Cc1ccccc1-c1cccc2[cH-]c(C(C)C)cc12.[Zr+3].[c-]1cccc2c1[Si]c1ccccc1-2. The molecule has 2 heteroatoms. The third-order valence-corrected chi connectivity index (χ3v) is 12.5. The van der Waals surface area contributed by atoms with Gasteiger partial charge < -0.3 is 0 Å². The van der Waals surface area contributed by atoms with E-state index >= 15 is 0 Å². The Bertz CT molecular complexity index is 2400. The van der Waals surface area contributed by atoms with Crippen LogP contribution in [0.15, 0.2) is 152 Å². The van der Waals surface area contributed by atoms with Gasteiger partial charge in [0.25, 0.3) is 0 Å². The third kappa shape index (κ3) is 9.90. The smallest absolute Gasteiger partial charge is 0.184 e. The van der Waals surface area contributed by atoms with Gasteiger partial charge in [-0.1, -0.05) is 162 Å². The zero-order valence-corrected chi connectivity index (χ0v) is 39.1. The van der Waals surface area contributed by atoms with Crippen molar-refractivity contribution in [3.05, 3.63) is 180 Å². The van der Waals surface area contributed by atoms with Gasteiger partial charge in [-0.05, 0) is 58.8 Å². The van der Waals surface area contributed by atoms with E-state index < -0.39 is 0 Å². The van der Waals surface area contributed by atoms with Gasteiger partial charge in [-0.2, -0.15) is 41.6 Å². The predicted octanol–water partition coefficient (Wildman–Crippen LogP) is 14.2. The second kappa shape index (κ2) is 19.6. The zero-order chi connectivity index (χ0) is 40.1. The Labute approximate surface area is 370 Å². The second-order valence-electron chi connectivity index (χ2n) is 17.1. The van der Waals surface area contributed by atoms with Gasteiger partial charge >= 0.3 is 26.2 Å². The summed E-state index contributed by atoms with van der Waals surface area (Å²) in [5.74, 6) is 2.50. The quantitative estimate of drug-likeness (QED) is 0.106. The molecule has 0 saturated carbocycles. The molecule has 0 spiro atoms. The van der Waals surface area contributed by atoms with E-state index in [0.29, 0.717) is 23.7 Å². The van der Waals surface area contributed by atoms with Crippen molar-refractivity contribution in [2.45, 2.75) is 80.1 Å². The van der Waals surface area contributed by atoms with E-state index in [0.717, 1.165) is 22.4 Å². The fourth-order valence-corrected chi connectivity index (χ4v) is 9.49. The maximum absolute atomic E-state index is 3.31. The molecule has 0 aliphatic carbocycles. The van der Waals surface area contributed by atoms with Gasteiger partial charge in [-0.25, -0.2) is 0 Å². The maximum Gasteiger partial charge on any atom is 3.00 e. The molecule has 3 radical (unpaired) electrons. The van der Waals surface area contributed by atoms with Crippen molar-refractivity contribution in [3.8, 4) is 33.4 Å². The van der Waals surface area contributed by atoms with Gasteiger partial charge in [0.15, 0.2) is 0 Å². The van der Waals surface area contributed by atoms with Crippen molar-refractivity contribution in [2.75, 3.05) is 0 Å². The van der Waals surface area contributed by atoms with Crippen LogP contribution in [0.2, 0.25) is 0 Å². The van der Waals surface area contributed by atoms with Crippen LogP contribution in [0, 0.1) is 17.9 Å². The third-order valence-electron chi connectivity index (χ3n) is 11.1. The van der Waals surface area contributed by atoms with Crippen molar-refractivity contribution < 1.29 is 26.2 Å². The molecule has 8 aromatic carbocycles. The van der Waals surface area contributed by atoms with Crippen molar-refractivity contribution in [1.29, 1.82) is 0 Å². The predicted molar refractivity (Wildman–Crippen MR) is 251 cm³/mol. The molecule has 58 heavy (non-hydrogen) atoms. The Kier molecular flexibility index (Phi) is 14.6. The molecule has 1 aliphatic heterocycles. The Morgan fingerprint density at radius 1 is 0.466 bits per heavy atom. The Hall–Kier alpha value is -4.36. The summed E-state index contributed by atoms with van der Waals surface area (Å²) in [6.07, 6.45) is 2.26. The number of hydrogen-bond acceptors (Lipinski definition) is 0. The molecule has 8 aromatic rings. The summed E-state index contributed by atoms with van der Waals surface area (Å²) in [5.41, 5.74) is 14.1. The van der Waals surface area contributed by atoms with Crippen molar-refractivity contribution >= 4 is 41.4 Å². The first-order valence-electron chi connectivity index (χ1n) is 21.0. The number of benzene rings is 6. The van der Waals surface area contributed by atoms with Crippen molar-refractivity contribution in [2.24, 2.45) is 11.8 Å². The molecule has 0 nitrogen and oxygen atoms in total. The molecule has 289 valence electrons. The monoisotopic (exact) mass is 847 g/mol. The Morgan fingerprint density at radius 2 is 0.897 bits per heavy atom. The summed E-state index contributed by atoms with van der Waals surface area (Å²) in [6.45, 7) is 18.2. The molecule has 1 aliphatic rings. The molecular weight excluding hydrogens is 792 g/mol. The molecule has 0 unspecified atom stereocenters. The van der Waals surface area contributed by atoms with Crippen LogP contribution >= 0.6 is 0 Å². The van der Waals surface area contributed by atoms with Crippen molar-refractivity contribution in [3.63, 3.8) is 0 Å². The van der Waals surface area contributed by atoms with Crippen LogP contribution in [0.1, 0.15) is 89.5 Å². The number of rotatable bonds is 8. The van der Waals surface area contributed by atoms with E-state index in [1.54, 1.807) is 0 Å². The molecule has 0 aromatic heterocycles. The molecule has 0 amide bonds. The van der Waals surface area contributed by atoms with E-state index in [1.807, 2.05) is 6.07 Å². The van der Waals surface area contributed by atoms with Gasteiger partial charge in [-0.15, -0.1) is 74.6 Å². The minimum Gasteiger partial charge on any atom is -0.184 e.